The van der Waals surface area contributed by atoms with Gasteiger partial charge in [-0.1, -0.05) is 38.3 Å². The molecule has 0 heterocycles. The Labute approximate surface area is 110 Å². The van der Waals surface area contributed by atoms with Crippen molar-refractivity contribution in [3.05, 3.63) is 29.8 Å². The number of nitrogens with one attached hydrogen (secondary N) is 1. The van der Waals surface area contributed by atoms with Gasteiger partial charge in [0.15, 0.2) is 0 Å². The summed E-state index contributed by atoms with van der Waals surface area (Å²) in [5.41, 5.74) is 7.23. The Morgan fingerprint density at radius 3 is 2.50 bits per heavy atom. The zero-order chi connectivity index (χ0) is 13.4. The Morgan fingerprint density at radius 1 is 1.28 bits per heavy atom. The average molecular weight is 248 g/mol. The van der Waals surface area contributed by atoms with E-state index in [9.17, 15) is 4.79 Å². The number of unbranched alkanes of at least 4 members (excludes halogenated alkanes) is 2. The zero-order valence-corrected chi connectivity index (χ0v) is 11.4. The number of hydrogen-bond donors (Lipinski definition) is 2. The Hall–Kier alpha value is -1.51. The van der Waals surface area contributed by atoms with Crippen molar-refractivity contribution in [3.63, 3.8) is 0 Å². The summed E-state index contributed by atoms with van der Waals surface area (Å²) >= 11 is 0. The minimum atomic E-state index is -0.288. The fourth-order valence-corrected chi connectivity index (χ4v) is 1.98. The van der Waals surface area contributed by atoms with Crippen LogP contribution in [0.2, 0.25) is 0 Å². The highest BCUT2D eigenvalue weighted by molar-refractivity contribution is 5.76. The molecule has 3 N–H and O–H groups in total. The van der Waals surface area contributed by atoms with Crippen LogP contribution in [0.5, 0.6) is 0 Å². The van der Waals surface area contributed by atoms with Gasteiger partial charge in [-0.2, -0.15) is 0 Å². The maximum Gasteiger partial charge on any atom is 0.221 e. The average Bonchev–Trinajstić information content (AvgIpc) is 2.31. The first-order valence-electron chi connectivity index (χ1n) is 6.75. The minimum Gasteiger partial charge on any atom is -0.383 e. The molecule has 0 aliphatic carbocycles. The molecule has 0 radical (unpaired) electrons. The van der Waals surface area contributed by atoms with Crippen LogP contribution in [0.25, 0.3) is 0 Å². The molecule has 3 heteroatoms. The summed E-state index contributed by atoms with van der Waals surface area (Å²) in [5, 5.41) is 3.47. The van der Waals surface area contributed by atoms with Gasteiger partial charge in [-0.25, -0.2) is 0 Å². The van der Waals surface area contributed by atoms with Gasteiger partial charge in [0.1, 0.15) is 0 Å². The van der Waals surface area contributed by atoms with E-state index in [0.29, 0.717) is 12.5 Å². The van der Waals surface area contributed by atoms with Gasteiger partial charge in [0.25, 0.3) is 0 Å². The number of carbonyl (C=O) groups excluding carboxylic acids is 1. The number of benzene rings is 1. The van der Waals surface area contributed by atoms with E-state index in [1.54, 1.807) is 0 Å². The maximum absolute atomic E-state index is 10.8. The molecule has 1 amide bonds. The van der Waals surface area contributed by atoms with Crippen molar-refractivity contribution in [2.45, 2.75) is 52.0 Å². The summed E-state index contributed by atoms with van der Waals surface area (Å²) in [7, 11) is 0. The van der Waals surface area contributed by atoms with Gasteiger partial charge in [0.2, 0.25) is 5.91 Å². The lowest BCUT2D eigenvalue weighted by Gasteiger charge is -2.15. The predicted molar refractivity (Wildman–Crippen MR) is 76.6 cm³/mol. The third-order valence-electron chi connectivity index (χ3n) is 2.99. The molecule has 3 nitrogen and oxygen atoms in total. The molecule has 100 valence electrons. The van der Waals surface area contributed by atoms with E-state index < -0.39 is 0 Å². The molecule has 1 atom stereocenters. The second-order valence-electron chi connectivity index (χ2n) is 4.88. The van der Waals surface area contributed by atoms with E-state index in [1.807, 2.05) is 24.3 Å². The first-order valence-corrected chi connectivity index (χ1v) is 6.75. The molecule has 1 rings (SSSR count). The lowest BCUT2D eigenvalue weighted by molar-refractivity contribution is -0.117. The van der Waals surface area contributed by atoms with Crippen molar-refractivity contribution in [1.29, 1.82) is 0 Å². The number of anilines is 1. The van der Waals surface area contributed by atoms with Crippen LogP contribution in [0, 0.1) is 0 Å². The summed E-state index contributed by atoms with van der Waals surface area (Å²) in [5.74, 6) is -0.288. The Kier molecular flexibility index (Phi) is 6.26. The second kappa shape index (κ2) is 7.75. The van der Waals surface area contributed by atoms with Crippen LogP contribution in [0.15, 0.2) is 24.3 Å². The molecule has 0 bridgehead atoms. The molecule has 0 aliphatic heterocycles. The van der Waals surface area contributed by atoms with Gasteiger partial charge in [-0.05, 0) is 31.0 Å². The van der Waals surface area contributed by atoms with Crippen molar-refractivity contribution >= 4 is 11.6 Å². The zero-order valence-electron chi connectivity index (χ0n) is 11.4. The predicted octanol–water partition coefficient (Wildman–Crippen LogP) is 3.10. The molecule has 1 aromatic rings. The molecule has 1 aromatic carbocycles. The summed E-state index contributed by atoms with van der Waals surface area (Å²) in [6, 6.07) is 8.40. The van der Waals surface area contributed by atoms with Gasteiger partial charge < -0.3 is 11.1 Å². The fraction of sp³-hybridized carbons (Fsp3) is 0.533. The molecule has 0 saturated heterocycles. The van der Waals surface area contributed by atoms with Gasteiger partial charge in [0, 0.05) is 11.7 Å². The van der Waals surface area contributed by atoms with Crippen molar-refractivity contribution in [2.24, 2.45) is 5.73 Å². The number of nitrogens with two attached hydrogens (primary N) is 1. The Morgan fingerprint density at radius 2 is 1.94 bits per heavy atom. The maximum atomic E-state index is 10.8. The van der Waals surface area contributed by atoms with E-state index in [-0.39, 0.29) is 5.91 Å². The van der Waals surface area contributed by atoms with Crippen LogP contribution in [-0.4, -0.2) is 11.9 Å². The molecule has 0 spiro atoms. The van der Waals surface area contributed by atoms with Crippen molar-refractivity contribution in [1.82, 2.24) is 0 Å². The van der Waals surface area contributed by atoms with Crippen LogP contribution >= 0.6 is 0 Å². The smallest absolute Gasteiger partial charge is 0.221 e. The Balaban J connectivity index is 2.40. The van der Waals surface area contributed by atoms with Crippen LogP contribution in [0.3, 0.4) is 0 Å². The molecule has 0 aromatic heterocycles. The molecular weight excluding hydrogens is 224 g/mol. The molecule has 0 fully saturated rings. The van der Waals surface area contributed by atoms with E-state index in [1.165, 1.54) is 25.7 Å². The fourth-order valence-electron chi connectivity index (χ4n) is 1.98. The summed E-state index contributed by atoms with van der Waals surface area (Å²) in [6.07, 6.45) is 5.33. The summed E-state index contributed by atoms with van der Waals surface area (Å²) < 4.78 is 0. The van der Waals surface area contributed by atoms with Crippen LogP contribution < -0.4 is 11.1 Å². The molecule has 18 heavy (non-hydrogen) atoms. The first-order chi connectivity index (χ1) is 8.61. The first kappa shape index (κ1) is 14.6. The lowest BCUT2D eigenvalue weighted by Crippen LogP contribution is -2.15. The topological polar surface area (TPSA) is 55.1 Å². The van der Waals surface area contributed by atoms with Gasteiger partial charge in [0.05, 0.1) is 6.42 Å². The van der Waals surface area contributed by atoms with E-state index in [2.05, 4.69) is 19.2 Å². The molecule has 1 unspecified atom stereocenters. The van der Waals surface area contributed by atoms with Gasteiger partial charge in [-0.3, -0.25) is 4.79 Å². The summed E-state index contributed by atoms with van der Waals surface area (Å²) in [4.78, 5) is 10.8. The Bertz CT molecular complexity index is 359. The quantitative estimate of drug-likeness (QED) is 0.695. The lowest BCUT2D eigenvalue weighted by atomic mass is 10.1. The van der Waals surface area contributed by atoms with E-state index in [4.69, 9.17) is 5.73 Å². The van der Waals surface area contributed by atoms with Gasteiger partial charge >= 0.3 is 0 Å². The molecule has 0 saturated carbocycles. The number of primary amides is 1. The standard InChI is InChI=1S/C15H24N2O/c1-3-4-5-6-12(2)17-14-9-7-13(8-10-14)11-15(16)18/h7-10,12,17H,3-6,11H2,1-2H3,(H2,16,18). The van der Waals surface area contributed by atoms with Crippen LogP contribution in [0.4, 0.5) is 5.69 Å². The monoisotopic (exact) mass is 248 g/mol. The van der Waals surface area contributed by atoms with E-state index in [0.717, 1.165) is 11.3 Å². The van der Waals surface area contributed by atoms with Crippen molar-refractivity contribution in [2.75, 3.05) is 5.32 Å². The van der Waals surface area contributed by atoms with Crippen molar-refractivity contribution in [3.8, 4) is 0 Å². The normalized spacial score (nSPS) is 12.1. The number of hydrogen-bond acceptors (Lipinski definition) is 2. The molecular formula is C15H24N2O. The third-order valence-corrected chi connectivity index (χ3v) is 2.99. The van der Waals surface area contributed by atoms with Crippen molar-refractivity contribution < 1.29 is 4.79 Å². The largest absolute Gasteiger partial charge is 0.383 e. The third kappa shape index (κ3) is 5.71. The van der Waals surface area contributed by atoms with Crippen LogP contribution in [0.1, 0.15) is 45.1 Å². The summed E-state index contributed by atoms with van der Waals surface area (Å²) in [6.45, 7) is 4.42. The molecule has 0 aliphatic rings. The highest BCUT2D eigenvalue weighted by atomic mass is 16.1. The highest BCUT2D eigenvalue weighted by Crippen LogP contribution is 2.13. The van der Waals surface area contributed by atoms with E-state index >= 15 is 0 Å². The van der Waals surface area contributed by atoms with Gasteiger partial charge in [-0.15, -0.1) is 0 Å². The number of carbonyl (C=O) groups is 1. The highest BCUT2D eigenvalue weighted by Gasteiger charge is 2.02. The number of amides is 1. The second-order valence-corrected chi connectivity index (χ2v) is 4.88. The number of rotatable bonds is 8. The SMILES string of the molecule is CCCCCC(C)Nc1ccc(CC(N)=O)cc1. The van der Waals surface area contributed by atoms with Crippen LogP contribution in [-0.2, 0) is 11.2 Å². The minimum absolute atomic E-state index is 0.288.